The Balaban J connectivity index is 0.000000179. The van der Waals surface area contributed by atoms with Gasteiger partial charge in [-0.15, -0.1) is 45.7 Å². The number of nitrogen functional groups attached to an aromatic ring is 1. The summed E-state index contributed by atoms with van der Waals surface area (Å²) in [5.74, 6) is 1.03. The smallest absolute Gasteiger partial charge is 0.257 e. The minimum atomic E-state index is -0.163. The van der Waals surface area contributed by atoms with Gasteiger partial charge in [-0.1, -0.05) is 66.7 Å². The highest BCUT2D eigenvalue weighted by Gasteiger charge is 2.20. The molecule has 6 aromatic carbocycles. The van der Waals surface area contributed by atoms with Crippen LogP contribution in [0.15, 0.2) is 132 Å². The van der Waals surface area contributed by atoms with Crippen molar-refractivity contribution in [3.8, 4) is 0 Å². The Kier molecular flexibility index (Phi) is 14.4. The molecule has 6 aromatic rings. The number of hydrogen-bond acceptors (Lipinski definition) is 8. The van der Waals surface area contributed by atoms with Crippen LogP contribution in [0.3, 0.4) is 0 Å². The summed E-state index contributed by atoms with van der Waals surface area (Å²) >= 11 is 1.58. The number of amidine groups is 1. The van der Waals surface area contributed by atoms with Gasteiger partial charge in [-0.3, -0.25) is 15.0 Å². The maximum Gasteiger partial charge on any atom is 0.257 e. The van der Waals surface area contributed by atoms with Crippen molar-refractivity contribution in [1.82, 2.24) is 0 Å². The lowest BCUT2D eigenvalue weighted by Crippen LogP contribution is -2.10. The van der Waals surface area contributed by atoms with E-state index >= 15 is 0 Å². The second kappa shape index (κ2) is 18.9. The maximum atomic E-state index is 12.3. The molecule has 2 amide bonds. The second-order valence-corrected chi connectivity index (χ2v) is 13.3. The van der Waals surface area contributed by atoms with Crippen LogP contribution in [-0.4, -0.2) is 22.7 Å². The van der Waals surface area contributed by atoms with Gasteiger partial charge in [0.15, 0.2) is 0 Å². The van der Waals surface area contributed by atoms with Gasteiger partial charge in [-0.2, -0.15) is 0 Å². The Morgan fingerprint density at radius 2 is 1.11 bits per heavy atom. The van der Waals surface area contributed by atoms with Gasteiger partial charge in [0.25, 0.3) is 11.8 Å². The Morgan fingerprint density at radius 3 is 1.67 bits per heavy atom. The molecule has 8 rings (SSSR count). The average molecular weight is 869 g/mol. The van der Waals surface area contributed by atoms with Gasteiger partial charge in [0.1, 0.15) is 0 Å². The number of amides is 2. The monoisotopic (exact) mass is 866 g/mol. The quantitative estimate of drug-likeness (QED) is 0.0527. The van der Waals surface area contributed by atoms with E-state index in [0.29, 0.717) is 33.4 Å². The first-order valence-corrected chi connectivity index (χ1v) is 17.5. The number of fused-ring (bicyclic) bond motifs is 5. The van der Waals surface area contributed by atoms with Crippen molar-refractivity contribution in [2.45, 2.75) is 19.6 Å². The van der Waals surface area contributed by atoms with Crippen LogP contribution in [0.25, 0.3) is 10.8 Å². The molecule has 0 aromatic heterocycles. The zero-order chi connectivity index (χ0) is 36.6. The summed E-state index contributed by atoms with van der Waals surface area (Å²) in [7, 11) is 0. The van der Waals surface area contributed by atoms with Gasteiger partial charge in [0, 0.05) is 11.4 Å². The molecule has 2 aliphatic heterocycles. The molecule has 0 saturated carbocycles. The first-order valence-electron chi connectivity index (χ1n) is 16.5. The molecule has 2 heterocycles. The van der Waals surface area contributed by atoms with E-state index in [4.69, 9.17) is 16.9 Å². The summed E-state index contributed by atoms with van der Waals surface area (Å²) in [6, 6.07) is 40.6. The van der Waals surface area contributed by atoms with Gasteiger partial charge in [-0.05, 0) is 90.8 Å². The number of anilines is 7. The normalized spacial score (nSPS) is 12.0. The maximum absolute atomic E-state index is 12.3. The van der Waals surface area contributed by atoms with Crippen molar-refractivity contribution in [1.29, 1.82) is 5.41 Å². The number of aliphatic imine (C=N–C) groups is 1. The van der Waals surface area contributed by atoms with E-state index in [1.165, 1.54) is 16.3 Å². The van der Waals surface area contributed by atoms with Crippen LogP contribution in [0.4, 0.5) is 45.5 Å². The summed E-state index contributed by atoms with van der Waals surface area (Å²) in [6.07, 6.45) is 0. The Bertz CT molecular complexity index is 2350. The molecule has 0 aliphatic carbocycles. The summed E-state index contributed by atoms with van der Waals surface area (Å²) in [5, 5.41) is 22.8. The second-order valence-electron chi connectivity index (χ2n) is 12.1. The van der Waals surface area contributed by atoms with Crippen LogP contribution in [0.2, 0.25) is 0 Å². The Hall–Kier alpha value is -5.63. The fourth-order valence-electron chi connectivity index (χ4n) is 5.55. The topological polar surface area (TPSA) is 171 Å². The fraction of sp³-hybridized carbons (Fsp3) is 0.0732. The van der Waals surface area contributed by atoms with Crippen LogP contribution < -0.4 is 32.7 Å². The number of halogens is 2. The largest absolute Gasteiger partial charge is 0.399 e. The van der Waals surface area contributed by atoms with Crippen molar-refractivity contribution in [2.75, 3.05) is 27.0 Å². The molecule has 2 aliphatic rings. The number of nitrogens with one attached hydrogen (secondary N) is 5. The Labute approximate surface area is 339 Å². The van der Waals surface area contributed by atoms with Gasteiger partial charge < -0.3 is 32.7 Å². The minimum absolute atomic E-state index is 0. The van der Waals surface area contributed by atoms with E-state index < -0.39 is 0 Å². The third kappa shape index (κ3) is 10.5. The van der Waals surface area contributed by atoms with E-state index in [2.05, 4.69) is 68.7 Å². The van der Waals surface area contributed by atoms with Crippen LogP contribution in [-0.2, 0) is 5.75 Å². The van der Waals surface area contributed by atoms with Crippen molar-refractivity contribution >= 4 is 125 Å². The number of carbonyl (C=O) groups excluding carboxylic acids is 2. The third-order valence-corrected chi connectivity index (χ3v) is 8.91. The number of carbonyl (C=O) groups is 2. The lowest BCUT2D eigenvalue weighted by molar-refractivity contribution is 0.102. The fourth-order valence-corrected chi connectivity index (χ4v) is 6.12. The molecule has 276 valence electrons. The number of nitrogens with zero attached hydrogens (tertiary/aromatic N) is 1. The van der Waals surface area contributed by atoms with E-state index in [-0.39, 0.29) is 45.8 Å². The predicted molar refractivity (Wildman–Crippen MR) is 239 cm³/mol. The lowest BCUT2D eigenvalue weighted by Gasteiger charge is -2.08. The summed E-state index contributed by atoms with van der Waals surface area (Å²) in [5.41, 5.74) is 19.7. The van der Waals surface area contributed by atoms with Gasteiger partial charge in [-0.25, -0.2) is 4.99 Å². The molecule has 0 spiro atoms. The van der Waals surface area contributed by atoms with Gasteiger partial charge >= 0.3 is 0 Å². The van der Waals surface area contributed by atoms with Crippen molar-refractivity contribution in [3.63, 3.8) is 0 Å². The molecular weight excluding hydrogens is 828 g/mol. The number of para-hydroxylation sites is 4. The molecule has 54 heavy (non-hydrogen) atoms. The minimum Gasteiger partial charge on any atom is -0.399 e. The zero-order valence-corrected chi connectivity index (χ0v) is 33.7. The Morgan fingerprint density at radius 1 is 0.611 bits per heavy atom. The molecule has 0 unspecified atom stereocenters. The van der Waals surface area contributed by atoms with E-state index in [1.807, 2.05) is 73.7 Å². The average Bonchev–Trinajstić information content (AvgIpc) is 3.37. The number of benzene rings is 6. The van der Waals surface area contributed by atoms with Crippen LogP contribution in [0.1, 0.15) is 40.1 Å². The lowest BCUT2D eigenvalue weighted by atomic mass is 10.1. The molecule has 0 fully saturated rings. The summed E-state index contributed by atoms with van der Waals surface area (Å²) in [6.45, 7) is 3.53. The highest BCUT2D eigenvalue weighted by atomic mass is 79.9. The number of hydrogen-bond donors (Lipinski definition) is 7. The SMILES string of the molecule is Br.Br.CC(=N)SCc1ccc2ccccc2c1.CC(N)=Nc1ccc2c(c1)C(=O)Nc1ccccc1N2.Nc1ccc2c(c1)C(=O)Nc1ccccc1N2. The molecule has 13 heteroatoms. The van der Waals surface area contributed by atoms with E-state index in [9.17, 15) is 9.59 Å². The highest BCUT2D eigenvalue weighted by Crippen LogP contribution is 2.34. The molecule has 0 atom stereocenters. The molecule has 10 nitrogen and oxygen atoms in total. The number of nitrogens with two attached hydrogens (primary N) is 2. The van der Waals surface area contributed by atoms with Crippen LogP contribution in [0.5, 0.6) is 0 Å². The highest BCUT2D eigenvalue weighted by molar-refractivity contribution is 8.93. The van der Waals surface area contributed by atoms with Gasteiger partial charge in [0.2, 0.25) is 0 Å². The van der Waals surface area contributed by atoms with Crippen molar-refractivity contribution < 1.29 is 9.59 Å². The van der Waals surface area contributed by atoms with E-state index in [0.717, 1.165) is 39.9 Å². The number of thioether (sulfide) groups is 1. The first kappa shape index (κ1) is 41.1. The standard InChI is InChI=1S/C15H14N4O.C13H11N3O.C13H13NS.2BrH/c1-9(16)17-10-6-7-12-11(8-10)15(20)19-14-5-3-2-4-13(14)18-12;14-8-5-6-10-9(7-8)13(17)16-12-4-2-1-3-11(12)15-10;1-10(14)15-9-11-6-7-12-4-2-3-5-13(12)8-11;;/h2-8,18H,1H3,(H2,16,17)(H,19,20);1-7,15H,14H2,(H,16,17);2-8,14H,9H2,1H3;2*1H. The predicted octanol–water partition coefficient (Wildman–Crippen LogP) is 10.8. The number of rotatable bonds is 3. The molecule has 0 bridgehead atoms. The first-order chi connectivity index (χ1) is 25.1. The summed E-state index contributed by atoms with van der Waals surface area (Å²) < 4.78 is 0. The van der Waals surface area contributed by atoms with E-state index in [1.54, 1.807) is 36.9 Å². The molecule has 0 radical (unpaired) electrons. The molecule has 9 N–H and O–H groups in total. The molecular formula is C41H40Br2N8O2S. The zero-order valence-electron chi connectivity index (χ0n) is 29.5. The van der Waals surface area contributed by atoms with Crippen molar-refractivity contribution in [2.24, 2.45) is 10.7 Å². The third-order valence-electron chi connectivity index (χ3n) is 8.00. The van der Waals surface area contributed by atoms with Crippen LogP contribution >= 0.6 is 45.7 Å². The molecule has 0 saturated heterocycles. The van der Waals surface area contributed by atoms with Crippen molar-refractivity contribution in [3.05, 3.63) is 144 Å². The van der Waals surface area contributed by atoms with Gasteiger partial charge in [0.05, 0.1) is 61.8 Å². The van der Waals surface area contributed by atoms with Crippen LogP contribution in [0, 0.1) is 5.41 Å². The summed E-state index contributed by atoms with van der Waals surface area (Å²) in [4.78, 5) is 28.5.